The predicted octanol–water partition coefficient (Wildman–Crippen LogP) is 4.50. The van der Waals surface area contributed by atoms with E-state index >= 15 is 0 Å². The fourth-order valence-corrected chi connectivity index (χ4v) is 9.98. The van der Waals surface area contributed by atoms with Crippen LogP contribution in [-0.2, 0) is 68.5 Å². The van der Waals surface area contributed by atoms with E-state index in [0.717, 1.165) is 56.9 Å². The number of Topliss-reactive ketones (excluding diaryl/α,β-unsaturated/α-hetero) is 1. The fourth-order valence-electron chi connectivity index (χ4n) is 9.98. The van der Waals surface area contributed by atoms with E-state index in [1.807, 2.05) is 0 Å². The molecule has 0 aromatic heterocycles. The molecule has 1 aliphatic carbocycles. The molecule has 86 heavy (non-hydrogen) atoms. The van der Waals surface area contributed by atoms with Gasteiger partial charge in [0.05, 0.1) is 58.3 Å². The molecule has 6 amide bonds. The highest BCUT2D eigenvalue weighted by molar-refractivity contribution is 5.87. The van der Waals surface area contributed by atoms with E-state index in [-0.39, 0.29) is 151 Å². The Morgan fingerprint density at radius 3 is 1.52 bits per heavy atom. The summed E-state index contributed by atoms with van der Waals surface area (Å²) in [5, 5.41) is 47.7. The van der Waals surface area contributed by atoms with Gasteiger partial charge in [-0.2, -0.15) is 0 Å². The Bertz CT molecular complexity index is 2060. The van der Waals surface area contributed by atoms with Gasteiger partial charge in [0, 0.05) is 51.4 Å². The molecule has 12 N–H and O–H groups in total. The van der Waals surface area contributed by atoms with Crippen molar-refractivity contribution in [1.29, 1.82) is 0 Å². The lowest BCUT2D eigenvalue weighted by Gasteiger charge is -2.28. The topological polar surface area (TPSA) is 361 Å². The number of ether oxygens (including phenoxy) is 4. The largest absolute Gasteiger partial charge is 0.508 e. The number of hydrogen-bond acceptors (Lipinski definition) is 16. The van der Waals surface area contributed by atoms with Crippen LogP contribution in [0.1, 0.15) is 179 Å². The normalized spacial score (nSPS) is 15.0. The summed E-state index contributed by atoms with van der Waals surface area (Å²) in [6.07, 6.45) is 24.1. The maximum Gasteiger partial charge on any atom is 0.326 e. The van der Waals surface area contributed by atoms with Crippen molar-refractivity contribution in [3.63, 3.8) is 0 Å². The zero-order chi connectivity index (χ0) is 62.8. The average molecular weight is 1220 g/mol. The fraction of sp³-hybridized carbons (Fsp3) is 0.758. The number of aliphatic carboxylic acids is 2. The Hall–Kier alpha value is -5.79. The van der Waals surface area contributed by atoms with Gasteiger partial charge in [0.2, 0.25) is 35.4 Å². The third-order valence-corrected chi connectivity index (χ3v) is 15.2. The minimum Gasteiger partial charge on any atom is -0.508 e. The molecule has 24 heteroatoms. The number of unbranched alkanes of at least 4 members (excludes halogenated alkanes) is 16. The van der Waals surface area contributed by atoms with Gasteiger partial charge in [-0.1, -0.05) is 102 Å². The number of benzene rings is 1. The van der Waals surface area contributed by atoms with Crippen LogP contribution >= 0.6 is 0 Å². The van der Waals surface area contributed by atoms with Crippen molar-refractivity contribution in [2.45, 2.75) is 198 Å². The number of hydrogen-bond donors (Lipinski definition) is 11. The molecule has 1 saturated carbocycles. The Morgan fingerprint density at radius 1 is 0.523 bits per heavy atom. The number of nitrogens with one attached hydrogen (secondary N) is 7. The first-order chi connectivity index (χ1) is 41.6. The van der Waals surface area contributed by atoms with Crippen LogP contribution in [0.25, 0.3) is 0 Å². The number of primary amides is 1. The third kappa shape index (κ3) is 41.3. The molecular weight excluding hydrogens is 1110 g/mol. The van der Waals surface area contributed by atoms with Crippen LogP contribution in [0.5, 0.6) is 5.75 Å². The number of likely N-dealkylation sites (N-methyl/N-ethyl adjacent to an activating group) is 1. The lowest BCUT2D eigenvalue weighted by atomic mass is 9.81. The van der Waals surface area contributed by atoms with Gasteiger partial charge in [0.25, 0.3) is 0 Å². The lowest BCUT2D eigenvalue weighted by molar-refractivity contribution is -0.143. The molecule has 1 aliphatic rings. The van der Waals surface area contributed by atoms with E-state index in [4.69, 9.17) is 29.8 Å². The lowest BCUT2D eigenvalue weighted by Crippen LogP contribution is -2.48. The second-order valence-electron chi connectivity index (χ2n) is 22.4. The molecule has 0 spiro atoms. The maximum absolute atomic E-state index is 13.0. The van der Waals surface area contributed by atoms with E-state index in [1.54, 1.807) is 19.2 Å². The van der Waals surface area contributed by atoms with Crippen LogP contribution in [0.2, 0.25) is 0 Å². The van der Waals surface area contributed by atoms with Crippen LogP contribution in [-0.4, -0.2) is 179 Å². The number of nitrogens with two attached hydrogens (primary N) is 1. The monoisotopic (exact) mass is 1220 g/mol. The molecular formula is C62H106N8O16. The number of carbonyl (C=O) groups is 9. The summed E-state index contributed by atoms with van der Waals surface area (Å²) in [6.45, 7) is 2.09. The Labute approximate surface area is 509 Å². The van der Waals surface area contributed by atoms with Gasteiger partial charge in [-0.05, 0) is 101 Å². The standard InChI is InChI=1S/C62H106N8O16/c1-64-51(54(72)44-68-53(60(63)79)42-47-25-29-50(71)30-26-47)20-18-19-33-65-57(75)45-85-40-39-84-37-35-67-58(76)46-86-41-38-83-36-34-66-56(74)32-31-52(62(81)82)70-61(80)49-27-23-48(24-28-49)43-69-55(73)21-16-14-12-10-8-6-4-2-3-5-7-9-11-13-15-17-22-59(77)78/h25-26,29-30,48-49,51-53,64,68,71H,2-24,27-28,31-46H2,1H3,(H2,63,79)(H,65,75)(H,66,74)(H,67,76)(H,69,73)(H,70,80)(H,77,78)(H,81,82)/t48-,49+,51-,52-,53-/m0/s1. The molecule has 0 saturated heterocycles. The molecule has 1 aromatic carbocycles. The number of amides is 6. The number of phenolic OH excluding ortho intramolecular Hbond substituents is 1. The first-order valence-electron chi connectivity index (χ1n) is 31.7. The van der Waals surface area contributed by atoms with Gasteiger partial charge in [0.1, 0.15) is 25.0 Å². The molecule has 1 aromatic rings. The van der Waals surface area contributed by atoms with Gasteiger partial charge in [-0.3, -0.25) is 43.7 Å². The van der Waals surface area contributed by atoms with Crippen LogP contribution in [0.15, 0.2) is 24.3 Å². The smallest absolute Gasteiger partial charge is 0.326 e. The first kappa shape index (κ1) is 76.3. The van der Waals surface area contributed by atoms with Crippen molar-refractivity contribution in [1.82, 2.24) is 37.2 Å². The first-order valence-corrected chi connectivity index (χ1v) is 31.7. The Kier molecular flexibility index (Phi) is 44.6. The van der Waals surface area contributed by atoms with Crippen LogP contribution in [0.3, 0.4) is 0 Å². The Morgan fingerprint density at radius 2 is 1.01 bits per heavy atom. The van der Waals surface area contributed by atoms with E-state index in [0.29, 0.717) is 51.6 Å². The van der Waals surface area contributed by atoms with Crippen LogP contribution in [0.4, 0.5) is 0 Å². The van der Waals surface area contributed by atoms with Gasteiger partial charge in [0.15, 0.2) is 5.78 Å². The second-order valence-corrected chi connectivity index (χ2v) is 22.4. The SMILES string of the molecule is CN[C@@H](CCCCNC(=O)COCCOCCNC(=O)COCCOCCNC(=O)CC[C@H](NC(=O)[C@H]1CC[C@@H](CNC(=O)CCCCCCCCCCCCCCCCCCC(=O)O)CC1)C(=O)O)C(=O)CN[C@@H](Cc1ccc(O)cc1)C(N)=O. The minimum atomic E-state index is -1.21. The molecule has 490 valence electrons. The quantitative estimate of drug-likeness (QED) is 0.0400. The van der Waals surface area contributed by atoms with E-state index in [2.05, 4.69) is 37.2 Å². The molecule has 0 radical (unpaired) electrons. The summed E-state index contributed by atoms with van der Waals surface area (Å²) in [5.74, 6) is -3.85. The van der Waals surface area contributed by atoms with E-state index < -0.39 is 36.0 Å². The summed E-state index contributed by atoms with van der Waals surface area (Å²) < 4.78 is 21.6. The van der Waals surface area contributed by atoms with E-state index in [1.165, 1.54) is 76.3 Å². The zero-order valence-electron chi connectivity index (χ0n) is 51.4. The molecule has 2 rings (SSSR count). The molecule has 3 atom stereocenters. The average Bonchev–Trinajstić information content (AvgIpc) is 3.70. The highest BCUT2D eigenvalue weighted by atomic mass is 16.5. The van der Waals surface area contributed by atoms with Gasteiger partial charge in [-0.25, -0.2) is 4.79 Å². The van der Waals surface area contributed by atoms with Crippen molar-refractivity contribution < 1.29 is 77.4 Å². The number of rotatable bonds is 56. The molecule has 1 fully saturated rings. The molecule has 0 heterocycles. The summed E-state index contributed by atoms with van der Waals surface area (Å²) >= 11 is 0. The number of carboxylic acid groups (broad SMARTS) is 2. The number of carboxylic acids is 2. The van der Waals surface area contributed by atoms with Crippen LogP contribution < -0.4 is 43.0 Å². The van der Waals surface area contributed by atoms with Crippen molar-refractivity contribution >= 4 is 53.2 Å². The highest BCUT2D eigenvalue weighted by Gasteiger charge is 2.30. The number of carbonyl (C=O) groups excluding carboxylic acids is 7. The maximum atomic E-state index is 13.0. The molecule has 24 nitrogen and oxygen atoms in total. The van der Waals surface area contributed by atoms with Gasteiger partial charge < -0.3 is 71.9 Å². The highest BCUT2D eigenvalue weighted by Crippen LogP contribution is 2.29. The third-order valence-electron chi connectivity index (χ3n) is 15.2. The van der Waals surface area contributed by atoms with Crippen molar-refractivity contribution in [2.75, 3.05) is 92.6 Å². The van der Waals surface area contributed by atoms with Crippen molar-refractivity contribution in [3.8, 4) is 5.75 Å². The second kappa shape index (κ2) is 50.2. The molecule has 0 aliphatic heterocycles. The Balaban J connectivity index is 1.37. The summed E-state index contributed by atoms with van der Waals surface area (Å²) in [6, 6.07) is 4.00. The summed E-state index contributed by atoms with van der Waals surface area (Å²) in [5.41, 5.74) is 6.32. The predicted molar refractivity (Wildman–Crippen MR) is 325 cm³/mol. The zero-order valence-corrected chi connectivity index (χ0v) is 51.4. The molecule has 0 bridgehead atoms. The minimum absolute atomic E-state index is 0.0507. The number of aromatic hydroxyl groups is 1. The van der Waals surface area contributed by atoms with Crippen molar-refractivity contribution in [2.24, 2.45) is 17.6 Å². The van der Waals surface area contributed by atoms with Crippen molar-refractivity contribution in [3.05, 3.63) is 29.8 Å². The number of ketones is 1. The van der Waals surface area contributed by atoms with Gasteiger partial charge >= 0.3 is 11.9 Å². The van der Waals surface area contributed by atoms with E-state index in [9.17, 15) is 53.4 Å². The summed E-state index contributed by atoms with van der Waals surface area (Å²) in [4.78, 5) is 109. The molecule has 0 unspecified atom stereocenters. The number of phenols is 1. The summed E-state index contributed by atoms with van der Waals surface area (Å²) in [7, 11) is 1.68. The van der Waals surface area contributed by atoms with Gasteiger partial charge in [-0.15, -0.1) is 0 Å². The van der Waals surface area contributed by atoms with Crippen LogP contribution in [0, 0.1) is 11.8 Å².